The van der Waals surface area contributed by atoms with Crippen molar-refractivity contribution >= 4 is 28.9 Å². The van der Waals surface area contributed by atoms with Gasteiger partial charge >= 0.3 is 5.97 Å². The molecule has 0 radical (unpaired) electrons. The summed E-state index contributed by atoms with van der Waals surface area (Å²) in [6.45, 7) is 3.81. The molecule has 2 rings (SSSR count). The van der Waals surface area contributed by atoms with Crippen LogP contribution in [0.4, 0.5) is 0 Å². The second-order valence-corrected chi connectivity index (χ2v) is 6.31. The molecule has 3 nitrogen and oxygen atoms in total. The van der Waals surface area contributed by atoms with E-state index in [1.807, 2.05) is 12.1 Å². The lowest BCUT2D eigenvalue weighted by molar-refractivity contribution is -0.138. The predicted octanol–water partition coefficient (Wildman–Crippen LogP) is 4.99. The number of hydrogen-bond donors (Lipinski definition) is 1. The van der Waals surface area contributed by atoms with Crippen molar-refractivity contribution in [3.8, 4) is 10.6 Å². The first kappa shape index (κ1) is 16.0. The summed E-state index contributed by atoms with van der Waals surface area (Å²) in [4.78, 5) is 15.6. The van der Waals surface area contributed by atoms with E-state index in [-0.39, 0.29) is 0 Å². The summed E-state index contributed by atoms with van der Waals surface area (Å²) < 4.78 is 0. The molecule has 0 spiro atoms. The van der Waals surface area contributed by atoms with Crippen molar-refractivity contribution in [2.75, 3.05) is 0 Å². The lowest BCUT2D eigenvalue weighted by Crippen LogP contribution is -2.07. The van der Waals surface area contributed by atoms with E-state index in [2.05, 4.69) is 17.3 Å². The monoisotopic (exact) mass is 323 g/mol. The Morgan fingerprint density at radius 2 is 2.24 bits per heavy atom. The fourth-order valence-corrected chi connectivity index (χ4v) is 3.25. The largest absolute Gasteiger partial charge is 0.481 e. The minimum absolute atomic E-state index is 0.553. The molecule has 1 unspecified atom stereocenters. The fraction of sp³-hybridized carbons (Fsp3) is 0.375. The van der Waals surface area contributed by atoms with Crippen LogP contribution in [-0.4, -0.2) is 16.1 Å². The van der Waals surface area contributed by atoms with Crippen molar-refractivity contribution in [3.63, 3.8) is 0 Å². The minimum Gasteiger partial charge on any atom is -0.481 e. The van der Waals surface area contributed by atoms with Crippen molar-refractivity contribution in [3.05, 3.63) is 39.9 Å². The maximum atomic E-state index is 11.0. The Bertz CT molecular complexity index is 639. The van der Waals surface area contributed by atoms with Gasteiger partial charge in [-0.15, -0.1) is 11.3 Å². The predicted molar refractivity (Wildman–Crippen MR) is 87.2 cm³/mol. The van der Waals surface area contributed by atoms with Crippen LogP contribution in [0.5, 0.6) is 0 Å². The Morgan fingerprint density at radius 3 is 2.86 bits per heavy atom. The van der Waals surface area contributed by atoms with Crippen LogP contribution in [0.3, 0.4) is 0 Å². The zero-order valence-electron chi connectivity index (χ0n) is 12.1. The molecular weight excluding hydrogens is 306 g/mol. The van der Waals surface area contributed by atoms with E-state index in [1.54, 1.807) is 24.3 Å². The highest BCUT2D eigenvalue weighted by Crippen LogP contribution is 2.33. The topological polar surface area (TPSA) is 50.2 Å². The van der Waals surface area contributed by atoms with Crippen LogP contribution in [0, 0.1) is 0 Å². The number of unbranched alkanes of at least 4 members (excludes halogenated alkanes) is 1. The molecule has 0 amide bonds. The number of aliphatic carboxylic acids is 1. The zero-order valence-corrected chi connectivity index (χ0v) is 13.7. The van der Waals surface area contributed by atoms with Crippen LogP contribution in [0.25, 0.3) is 10.6 Å². The summed E-state index contributed by atoms with van der Waals surface area (Å²) in [5.41, 5.74) is 2.67. The molecule has 2 aromatic rings. The minimum atomic E-state index is -0.852. The Morgan fingerprint density at radius 1 is 1.48 bits per heavy atom. The highest BCUT2D eigenvalue weighted by atomic mass is 35.5. The zero-order chi connectivity index (χ0) is 15.4. The van der Waals surface area contributed by atoms with Gasteiger partial charge in [0, 0.05) is 10.9 Å². The number of carboxylic acids is 1. The summed E-state index contributed by atoms with van der Waals surface area (Å²) >= 11 is 7.88. The first-order valence-corrected chi connectivity index (χ1v) is 8.25. The quantitative estimate of drug-likeness (QED) is 0.814. The van der Waals surface area contributed by atoms with Crippen molar-refractivity contribution in [1.29, 1.82) is 0 Å². The van der Waals surface area contributed by atoms with E-state index in [4.69, 9.17) is 16.7 Å². The molecule has 0 bridgehead atoms. The Hall–Kier alpha value is -1.39. The summed E-state index contributed by atoms with van der Waals surface area (Å²) in [7, 11) is 0. The van der Waals surface area contributed by atoms with Gasteiger partial charge < -0.3 is 5.11 Å². The van der Waals surface area contributed by atoms with Gasteiger partial charge in [-0.3, -0.25) is 4.79 Å². The van der Waals surface area contributed by atoms with Gasteiger partial charge in [0.15, 0.2) is 0 Å². The molecule has 0 aliphatic heterocycles. The molecule has 0 aliphatic rings. The number of thiazole rings is 1. The average Bonchev–Trinajstić information content (AvgIpc) is 2.92. The second-order valence-electron chi connectivity index (χ2n) is 5.05. The van der Waals surface area contributed by atoms with Gasteiger partial charge in [-0.1, -0.05) is 37.1 Å². The third kappa shape index (κ3) is 3.83. The van der Waals surface area contributed by atoms with Crippen LogP contribution in [0.15, 0.2) is 23.6 Å². The molecule has 1 aromatic heterocycles. The maximum absolute atomic E-state index is 11.0. The number of carboxylic acid groups (broad SMARTS) is 1. The van der Waals surface area contributed by atoms with Gasteiger partial charge in [0.05, 0.1) is 16.6 Å². The standard InChI is InChI=1S/C16H18ClNO2S/c1-3-4-5-12-9-21-15(18-12)13-7-6-11(8-14(13)17)10(2)16(19)20/h6-10H,3-5H2,1-2H3,(H,19,20). The van der Waals surface area contributed by atoms with E-state index in [0.29, 0.717) is 10.6 Å². The van der Waals surface area contributed by atoms with Crippen LogP contribution in [0.1, 0.15) is 43.9 Å². The SMILES string of the molecule is CCCCc1csc(-c2ccc(C(C)C(=O)O)cc2Cl)n1. The summed E-state index contributed by atoms with van der Waals surface area (Å²) in [6.07, 6.45) is 3.26. The number of nitrogens with zero attached hydrogens (tertiary/aromatic N) is 1. The fourth-order valence-electron chi connectivity index (χ4n) is 2.02. The number of rotatable bonds is 6. The molecular formula is C16H18ClNO2S. The lowest BCUT2D eigenvalue weighted by Gasteiger charge is -2.08. The second kappa shape index (κ2) is 7.05. The van der Waals surface area contributed by atoms with E-state index >= 15 is 0 Å². The summed E-state index contributed by atoms with van der Waals surface area (Å²) in [5, 5.41) is 12.6. The molecule has 5 heteroatoms. The number of hydrogen-bond acceptors (Lipinski definition) is 3. The Kier molecular flexibility index (Phi) is 5.37. The van der Waals surface area contributed by atoms with E-state index < -0.39 is 11.9 Å². The van der Waals surface area contributed by atoms with Gasteiger partial charge in [-0.2, -0.15) is 0 Å². The molecule has 1 atom stereocenters. The number of aromatic nitrogens is 1. The molecule has 112 valence electrons. The van der Waals surface area contributed by atoms with Crippen molar-refractivity contribution < 1.29 is 9.90 Å². The molecule has 0 aliphatic carbocycles. The highest BCUT2D eigenvalue weighted by molar-refractivity contribution is 7.13. The number of aryl methyl sites for hydroxylation is 1. The van der Waals surface area contributed by atoms with E-state index in [0.717, 1.165) is 35.5 Å². The van der Waals surface area contributed by atoms with Gasteiger partial charge in [-0.05, 0) is 31.4 Å². The number of halogens is 1. The molecule has 21 heavy (non-hydrogen) atoms. The molecule has 0 fully saturated rings. The Labute approximate surface area is 133 Å². The lowest BCUT2D eigenvalue weighted by atomic mass is 10.00. The van der Waals surface area contributed by atoms with Crippen molar-refractivity contribution in [1.82, 2.24) is 4.98 Å². The van der Waals surface area contributed by atoms with Crippen LogP contribution >= 0.6 is 22.9 Å². The molecule has 1 aromatic carbocycles. The van der Waals surface area contributed by atoms with Gasteiger partial charge in [0.1, 0.15) is 5.01 Å². The first-order valence-electron chi connectivity index (χ1n) is 7.00. The molecule has 1 N–H and O–H groups in total. The van der Waals surface area contributed by atoms with E-state index in [1.165, 1.54) is 0 Å². The van der Waals surface area contributed by atoms with Gasteiger partial charge in [-0.25, -0.2) is 4.98 Å². The van der Waals surface area contributed by atoms with Crippen molar-refractivity contribution in [2.45, 2.75) is 39.0 Å². The van der Waals surface area contributed by atoms with Gasteiger partial charge in [0.2, 0.25) is 0 Å². The van der Waals surface area contributed by atoms with E-state index in [9.17, 15) is 4.79 Å². The molecule has 0 saturated carbocycles. The van der Waals surface area contributed by atoms with Gasteiger partial charge in [0.25, 0.3) is 0 Å². The van der Waals surface area contributed by atoms with Crippen molar-refractivity contribution in [2.24, 2.45) is 0 Å². The third-order valence-electron chi connectivity index (χ3n) is 3.43. The number of benzene rings is 1. The summed E-state index contributed by atoms with van der Waals surface area (Å²) in [6, 6.07) is 5.40. The van der Waals surface area contributed by atoms with Crippen LogP contribution in [-0.2, 0) is 11.2 Å². The molecule has 0 saturated heterocycles. The smallest absolute Gasteiger partial charge is 0.310 e. The van der Waals surface area contributed by atoms with Crippen LogP contribution in [0.2, 0.25) is 5.02 Å². The maximum Gasteiger partial charge on any atom is 0.310 e. The average molecular weight is 324 g/mol. The van der Waals surface area contributed by atoms with Crippen LogP contribution < -0.4 is 0 Å². The first-order chi connectivity index (χ1) is 10.0. The molecule has 1 heterocycles. The Balaban J connectivity index is 2.24. The third-order valence-corrected chi connectivity index (χ3v) is 4.67. The number of carbonyl (C=O) groups is 1. The highest BCUT2D eigenvalue weighted by Gasteiger charge is 2.16. The summed E-state index contributed by atoms with van der Waals surface area (Å²) in [5.74, 6) is -1.41. The normalized spacial score (nSPS) is 12.3.